The number of carbonyl (C=O) groups is 1. The quantitative estimate of drug-likeness (QED) is 0.826. The molecule has 1 saturated carbocycles. The van der Waals surface area contributed by atoms with Crippen molar-refractivity contribution < 1.29 is 9.90 Å². The average molecular weight is 310 g/mol. The summed E-state index contributed by atoms with van der Waals surface area (Å²) in [6.45, 7) is 3.09. The Hall–Kier alpha value is -1.06. The molecular weight excluding hydrogens is 286 g/mol. The molecule has 0 bridgehead atoms. The van der Waals surface area contributed by atoms with Gasteiger partial charge in [-0.1, -0.05) is 30.9 Å². The van der Waals surface area contributed by atoms with Gasteiger partial charge in [-0.3, -0.25) is 4.79 Å². The van der Waals surface area contributed by atoms with Crippen molar-refractivity contribution in [2.45, 2.75) is 45.6 Å². The summed E-state index contributed by atoms with van der Waals surface area (Å²) in [5.41, 5.74) is 1.04. The Morgan fingerprint density at radius 1 is 1.33 bits per heavy atom. The van der Waals surface area contributed by atoms with E-state index < -0.39 is 0 Å². The maximum absolute atomic E-state index is 11.5. The lowest BCUT2D eigenvalue weighted by atomic mass is 9.89. The first-order valence-corrected chi connectivity index (χ1v) is 8.06. The number of Topliss-reactive ketones (excluding diaryl/α,β-unsaturated/α-hetero) is 1. The van der Waals surface area contributed by atoms with Crippen LogP contribution in [0.25, 0.3) is 0 Å². The van der Waals surface area contributed by atoms with Gasteiger partial charge in [-0.25, -0.2) is 0 Å². The van der Waals surface area contributed by atoms with E-state index in [2.05, 4.69) is 11.9 Å². The number of benzene rings is 1. The normalized spacial score (nSPS) is 16.4. The lowest BCUT2D eigenvalue weighted by Gasteiger charge is -2.27. The monoisotopic (exact) mass is 309 g/mol. The summed E-state index contributed by atoms with van der Waals surface area (Å²) in [6, 6.07) is 3.28. The van der Waals surface area contributed by atoms with Crippen molar-refractivity contribution in [1.29, 1.82) is 0 Å². The van der Waals surface area contributed by atoms with Gasteiger partial charge < -0.3 is 10.0 Å². The number of ketones is 1. The number of hydrogen-bond donors (Lipinski definition) is 1. The lowest BCUT2D eigenvalue weighted by molar-refractivity contribution is 0.101. The molecule has 0 spiro atoms. The van der Waals surface area contributed by atoms with E-state index in [0.29, 0.717) is 17.1 Å². The largest absolute Gasteiger partial charge is 0.507 e. The maximum Gasteiger partial charge on any atom is 0.163 e. The second-order valence-electron chi connectivity index (χ2n) is 6.22. The maximum atomic E-state index is 11.5. The van der Waals surface area contributed by atoms with Crippen molar-refractivity contribution in [3.05, 3.63) is 28.3 Å². The molecule has 0 aromatic heterocycles. The summed E-state index contributed by atoms with van der Waals surface area (Å²) in [6.07, 6.45) is 6.61. The van der Waals surface area contributed by atoms with Gasteiger partial charge >= 0.3 is 0 Å². The van der Waals surface area contributed by atoms with Crippen molar-refractivity contribution in [3.8, 4) is 5.75 Å². The minimum Gasteiger partial charge on any atom is -0.507 e. The summed E-state index contributed by atoms with van der Waals surface area (Å²) in [5, 5.41) is 10.7. The predicted octanol–water partition coefficient (Wildman–Crippen LogP) is 4.26. The first kappa shape index (κ1) is 16.3. The zero-order valence-electron chi connectivity index (χ0n) is 12.9. The van der Waals surface area contributed by atoms with Gasteiger partial charge in [-0.15, -0.1) is 0 Å². The molecule has 1 aliphatic rings. The first-order valence-electron chi connectivity index (χ1n) is 7.68. The fourth-order valence-corrected chi connectivity index (χ4v) is 3.45. The van der Waals surface area contributed by atoms with Gasteiger partial charge in [0.25, 0.3) is 0 Å². The summed E-state index contributed by atoms with van der Waals surface area (Å²) in [7, 11) is 2.06. The second-order valence-corrected chi connectivity index (χ2v) is 6.65. The number of rotatable bonds is 5. The van der Waals surface area contributed by atoms with E-state index >= 15 is 0 Å². The number of phenolic OH excluding ortho intramolecular Hbond substituents is 1. The van der Waals surface area contributed by atoms with E-state index in [4.69, 9.17) is 11.6 Å². The zero-order valence-corrected chi connectivity index (χ0v) is 13.6. The minimum atomic E-state index is -0.161. The predicted molar refractivity (Wildman–Crippen MR) is 86.0 cm³/mol. The van der Waals surface area contributed by atoms with Crippen molar-refractivity contribution in [3.63, 3.8) is 0 Å². The molecule has 0 atom stereocenters. The molecule has 0 heterocycles. The van der Waals surface area contributed by atoms with Crippen LogP contribution < -0.4 is 0 Å². The topological polar surface area (TPSA) is 40.5 Å². The summed E-state index contributed by atoms with van der Waals surface area (Å²) in [5.74, 6) is 0.658. The molecule has 1 N–H and O–H groups in total. The summed E-state index contributed by atoms with van der Waals surface area (Å²) in [4.78, 5) is 13.8. The van der Waals surface area contributed by atoms with Crippen LogP contribution in [0, 0.1) is 5.92 Å². The van der Waals surface area contributed by atoms with Crippen molar-refractivity contribution >= 4 is 17.4 Å². The summed E-state index contributed by atoms with van der Waals surface area (Å²) >= 11 is 6.06. The fourth-order valence-electron chi connectivity index (χ4n) is 3.21. The third kappa shape index (κ3) is 4.45. The van der Waals surface area contributed by atoms with Gasteiger partial charge in [-0.2, -0.15) is 0 Å². The van der Waals surface area contributed by atoms with Gasteiger partial charge in [-0.05, 0) is 44.9 Å². The Kier molecular flexibility index (Phi) is 5.65. The van der Waals surface area contributed by atoms with Crippen LogP contribution in [0.2, 0.25) is 5.02 Å². The van der Waals surface area contributed by atoms with Crippen molar-refractivity contribution in [2.24, 2.45) is 5.92 Å². The van der Waals surface area contributed by atoms with Crippen molar-refractivity contribution in [2.75, 3.05) is 13.6 Å². The molecule has 0 aliphatic heterocycles. The van der Waals surface area contributed by atoms with Gasteiger partial charge in [0.05, 0.1) is 5.56 Å². The van der Waals surface area contributed by atoms with E-state index in [9.17, 15) is 9.90 Å². The standard InChI is InChI=1S/C17H24ClNO2/c1-12(20)16-9-15(18)8-14(17(16)21)11-19(2)10-13-6-4-3-5-7-13/h8-9,13,21H,3-7,10-11H2,1-2H3. The van der Waals surface area contributed by atoms with Crippen LogP contribution in [0.3, 0.4) is 0 Å². The highest BCUT2D eigenvalue weighted by atomic mass is 35.5. The SMILES string of the molecule is CC(=O)c1cc(Cl)cc(CN(C)CC2CCCCC2)c1O. The highest BCUT2D eigenvalue weighted by Gasteiger charge is 2.18. The summed E-state index contributed by atoms with van der Waals surface area (Å²) < 4.78 is 0. The third-order valence-corrected chi connectivity index (χ3v) is 4.49. The van der Waals surface area contributed by atoms with Crippen LogP contribution in [0.15, 0.2) is 12.1 Å². The molecule has 1 aliphatic carbocycles. The molecule has 0 unspecified atom stereocenters. The smallest absolute Gasteiger partial charge is 0.163 e. The molecule has 4 heteroatoms. The molecule has 0 saturated heterocycles. The van der Waals surface area contributed by atoms with Crippen LogP contribution >= 0.6 is 11.6 Å². The molecule has 0 radical (unpaired) electrons. The average Bonchev–Trinajstić information content (AvgIpc) is 2.43. The first-order chi connectivity index (χ1) is 9.97. The molecule has 2 rings (SSSR count). The minimum absolute atomic E-state index is 0.0717. The molecule has 1 aromatic carbocycles. The Morgan fingerprint density at radius 2 is 2.00 bits per heavy atom. The zero-order chi connectivity index (χ0) is 15.4. The Balaban J connectivity index is 2.06. The molecule has 1 fully saturated rings. The number of nitrogens with zero attached hydrogens (tertiary/aromatic N) is 1. The number of carbonyl (C=O) groups excluding carboxylic acids is 1. The Labute approximate surface area is 131 Å². The fraction of sp³-hybridized carbons (Fsp3) is 0.588. The van der Waals surface area contributed by atoms with E-state index in [0.717, 1.165) is 18.0 Å². The molecular formula is C17H24ClNO2. The molecule has 116 valence electrons. The van der Waals surface area contributed by atoms with Crippen LogP contribution in [-0.2, 0) is 6.54 Å². The van der Waals surface area contributed by atoms with E-state index in [1.165, 1.54) is 45.1 Å². The highest BCUT2D eigenvalue weighted by Crippen LogP contribution is 2.29. The second kappa shape index (κ2) is 7.28. The Morgan fingerprint density at radius 3 is 2.62 bits per heavy atom. The van der Waals surface area contributed by atoms with E-state index in [1.54, 1.807) is 6.07 Å². The van der Waals surface area contributed by atoms with Gasteiger partial charge in [0.1, 0.15) is 5.75 Å². The number of aromatic hydroxyl groups is 1. The highest BCUT2D eigenvalue weighted by molar-refractivity contribution is 6.31. The van der Waals surface area contributed by atoms with Crippen LogP contribution in [0.5, 0.6) is 5.75 Å². The number of phenols is 1. The van der Waals surface area contributed by atoms with Crippen LogP contribution in [0.4, 0.5) is 0 Å². The van der Waals surface area contributed by atoms with E-state index in [-0.39, 0.29) is 11.5 Å². The van der Waals surface area contributed by atoms with Gasteiger partial charge in [0.2, 0.25) is 0 Å². The van der Waals surface area contributed by atoms with E-state index in [1.807, 2.05) is 0 Å². The molecule has 0 amide bonds. The molecule has 1 aromatic rings. The third-order valence-electron chi connectivity index (χ3n) is 4.27. The van der Waals surface area contributed by atoms with Crippen LogP contribution in [0.1, 0.15) is 54.9 Å². The lowest BCUT2D eigenvalue weighted by Crippen LogP contribution is -2.26. The number of hydrogen-bond acceptors (Lipinski definition) is 3. The molecule has 21 heavy (non-hydrogen) atoms. The Bertz CT molecular complexity index is 510. The van der Waals surface area contributed by atoms with Gasteiger partial charge in [0, 0.05) is 23.7 Å². The molecule has 3 nitrogen and oxygen atoms in total. The van der Waals surface area contributed by atoms with Gasteiger partial charge in [0.15, 0.2) is 5.78 Å². The van der Waals surface area contributed by atoms with Crippen molar-refractivity contribution in [1.82, 2.24) is 4.90 Å². The number of halogens is 1. The van der Waals surface area contributed by atoms with Crippen LogP contribution in [-0.4, -0.2) is 29.4 Å².